The largest absolute Gasteiger partial charge is 0.352 e. The summed E-state index contributed by atoms with van der Waals surface area (Å²) in [6.45, 7) is 4.44. The summed E-state index contributed by atoms with van der Waals surface area (Å²) in [7, 11) is 1.63. The van der Waals surface area contributed by atoms with Crippen LogP contribution in [-0.2, 0) is 11.8 Å². The lowest BCUT2D eigenvalue weighted by atomic mass is 10.0. The normalized spacial score (nSPS) is 17.1. The SMILES string of the molecule is CC(C)c1ccc(C(=O)N2CCNC(=O)C2c2cccc(F)c2)c(=O)n1C. The molecule has 1 fully saturated rings. The van der Waals surface area contributed by atoms with Crippen molar-refractivity contribution in [2.45, 2.75) is 25.8 Å². The smallest absolute Gasteiger partial charge is 0.263 e. The quantitative estimate of drug-likeness (QED) is 0.897. The van der Waals surface area contributed by atoms with Crippen molar-refractivity contribution in [2.75, 3.05) is 13.1 Å². The molecular formula is C20H22FN3O3. The van der Waals surface area contributed by atoms with Gasteiger partial charge in [-0.1, -0.05) is 26.0 Å². The van der Waals surface area contributed by atoms with Crippen molar-refractivity contribution in [3.05, 3.63) is 69.4 Å². The highest BCUT2D eigenvalue weighted by Gasteiger charge is 2.36. The van der Waals surface area contributed by atoms with Gasteiger partial charge in [0.1, 0.15) is 17.4 Å². The Morgan fingerprint density at radius 1 is 1.22 bits per heavy atom. The Hall–Kier alpha value is -2.96. The van der Waals surface area contributed by atoms with Crippen LogP contribution >= 0.6 is 0 Å². The fourth-order valence-electron chi connectivity index (χ4n) is 3.44. The average molecular weight is 371 g/mol. The fraction of sp³-hybridized carbons (Fsp3) is 0.350. The summed E-state index contributed by atoms with van der Waals surface area (Å²) in [4.78, 5) is 39.6. The number of rotatable bonds is 3. The molecule has 2 aromatic rings. The lowest BCUT2D eigenvalue weighted by Crippen LogP contribution is -2.53. The van der Waals surface area contributed by atoms with Crippen molar-refractivity contribution >= 4 is 11.8 Å². The minimum absolute atomic E-state index is 0.00185. The van der Waals surface area contributed by atoms with Gasteiger partial charge in [-0.05, 0) is 35.7 Å². The molecule has 2 amide bonds. The Kier molecular flexibility index (Phi) is 5.12. The van der Waals surface area contributed by atoms with Crippen LogP contribution in [0.3, 0.4) is 0 Å². The number of nitrogens with zero attached hydrogens (tertiary/aromatic N) is 2. The molecule has 0 saturated carbocycles. The monoisotopic (exact) mass is 371 g/mol. The molecule has 0 radical (unpaired) electrons. The van der Waals surface area contributed by atoms with Crippen molar-refractivity contribution in [1.82, 2.24) is 14.8 Å². The summed E-state index contributed by atoms with van der Waals surface area (Å²) in [5, 5.41) is 2.70. The van der Waals surface area contributed by atoms with Crippen LogP contribution in [0.4, 0.5) is 4.39 Å². The molecule has 1 aliphatic rings. The van der Waals surface area contributed by atoms with Crippen LogP contribution in [0, 0.1) is 5.82 Å². The number of hydrogen-bond acceptors (Lipinski definition) is 3. The average Bonchev–Trinajstić information content (AvgIpc) is 2.62. The van der Waals surface area contributed by atoms with Gasteiger partial charge < -0.3 is 14.8 Å². The van der Waals surface area contributed by atoms with Gasteiger partial charge in [0.2, 0.25) is 5.91 Å². The number of benzene rings is 1. The van der Waals surface area contributed by atoms with E-state index in [4.69, 9.17) is 0 Å². The number of carbonyl (C=O) groups is 2. The molecular weight excluding hydrogens is 349 g/mol. The predicted molar refractivity (Wildman–Crippen MR) is 99.0 cm³/mol. The molecule has 27 heavy (non-hydrogen) atoms. The Balaban J connectivity index is 2.03. The van der Waals surface area contributed by atoms with Gasteiger partial charge in [-0.25, -0.2) is 4.39 Å². The van der Waals surface area contributed by atoms with Crippen molar-refractivity contribution in [2.24, 2.45) is 7.05 Å². The molecule has 1 saturated heterocycles. The standard InChI is InChI=1S/C20H22FN3O3/c1-12(2)16-8-7-15(19(26)23(16)3)20(27)24-10-9-22-18(25)17(24)13-5-4-6-14(21)11-13/h4-8,11-12,17H,9-10H2,1-3H3,(H,22,25). The van der Waals surface area contributed by atoms with Crippen LogP contribution in [0.15, 0.2) is 41.2 Å². The summed E-state index contributed by atoms with van der Waals surface area (Å²) >= 11 is 0. The van der Waals surface area contributed by atoms with Gasteiger partial charge in [-0.3, -0.25) is 14.4 Å². The molecule has 2 heterocycles. The molecule has 1 aromatic heterocycles. The Morgan fingerprint density at radius 3 is 2.63 bits per heavy atom. The summed E-state index contributed by atoms with van der Waals surface area (Å²) < 4.78 is 15.1. The summed E-state index contributed by atoms with van der Waals surface area (Å²) in [6, 6.07) is 7.88. The first kappa shape index (κ1) is 18.8. The Morgan fingerprint density at radius 2 is 1.96 bits per heavy atom. The van der Waals surface area contributed by atoms with Crippen LogP contribution in [0.1, 0.15) is 47.4 Å². The molecule has 142 valence electrons. The molecule has 3 rings (SSSR count). The van der Waals surface area contributed by atoms with E-state index in [0.717, 1.165) is 5.69 Å². The first-order chi connectivity index (χ1) is 12.8. The van der Waals surface area contributed by atoms with Crippen molar-refractivity contribution in [1.29, 1.82) is 0 Å². The molecule has 1 aromatic carbocycles. The van der Waals surface area contributed by atoms with Crippen LogP contribution in [0.2, 0.25) is 0 Å². The van der Waals surface area contributed by atoms with Crippen molar-refractivity contribution < 1.29 is 14.0 Å². The zero-order valence-electron chi connectivity index (χ0n) is 15.5. The van der Waals surface area contributed by atoms with E-state index in [1.54, 1.807) is 19.2 Å². The van der Waals surface area contributed by atoms with Crippen molar-refractivity contribution in [3.63, 3.8) is 0 Å². The first-order valence-corrected chi connectivity index (χ1v) is 8.85. The van der Waals surface area contributed by atoms with E-state index in [1.165, 1.54) is 33.7 Å². The molecule has 1 unspecified atom stereocenters. The van der Waals surface area contributed by atoms with E-state index in [2.05, 4.69) is 5.32 Å². The minimum Gasteiger partial charge on any atom is -0.352 e. The highest BCUT2D eigenvalue weighted by Crippen LogP contribution is 2.25. The van der Waals surface area contributed by atoms with Gasteiger partial charge in [0.05, 0.1) is 0 Å². The van der Waals surface area contributed by atoms with Gasteiger partial charge in [0.25, 0.3) is 11.5 Å². The lowest BCUT2D eigenvalue weighted by Gasteiger charge is -2.35. The third kappa shape index (κ3) is 3.49. The lowest BCUT2D eigenvalue weighted by molar-refractivity contribution is -0.128. The third-order valence-corrected chi connectivity index (χ3v) is 4.80. The number of halogens is 1. The molecule has 0 spiro atoms. The highest BCUT2D eigenvalue weighted by molar-refractivity contribution is 5.98. The maximum absolute atomic E-state index is 13.6. The minimum atomic E-state index is -0.976. The van der Waals surface area contributed by atoms with E-state index in [1.807, 2.05) is 13.8 Å². The highest BCUT2D eigenvalue weighted by atomic mass is 19.1. The maximum Gasteiger partial charge on any atom is 0.263 e. The molecule has 7 heteroatoms. The molecule has 0 bridgehead atoms. The van der Waals surface area contributed by atoms with Crippen LogP contribution in [-0.4, -0.2) is 34.4 Å². The van der Waals surface area contributed by atoms with Gasteiger partial charge in [-0.2, -0.15) is 0 Å². The summed E-state index contributed by atoms with van der Waals surface area (Å²) in [5.74, 6) is -1.28. The Labute approximate surface area is 156 Å². The zero-order valence-corrected chi connectivity index (χ0v) is 15.5. The van der Waals surface area contributed by atoms with Crippen LogP contribution in [0.5, 0.6) is 0 Å². The van der Waals surface area contributed by atoms with Gasteiger partial charge >= 0.3 is 0 Å². The first-order valence-electron chi connectivity index (χ1n) is 8.85. The zero-order chi connectivity index (χ0) is 19.7. The molecule has 1 atom stereocenters. The number of aromatic nitrogens is 1. The maximum atomic E-state index is 13.6. The number of piperazine rings is 1. The third-order valence-electron chi connectivity index (χ3n) is 4.80. The second-order valence-corrected chi connectivity index (χ2v) is 6.94. The number of nitrogens with one attached hydrogen (secondary N) is 1. The van der Waals surface area contributed by atoms with E-state index in [9.17, 15) is 18.8 Å². The van der Waals surface area contributed by atoms with Crippen molar-refractivity contribution in [3.8, 4) is 0 Å². The van der Waals surface area contributed by atoms with Gasteiger partial charge in [0.15, 0.2) is 0 Å². The summed E-state index contributed by atoms with van der Waals surface area (Å²) in [5.41, 5.74) is 0.777. The van der Waals surface area contributed by atoms with E-state index in [-0.39, 0.29) is 24.6 Å². The molecule has 1 aliphatic heterocycles. The van der Waals surface area contributed by atoms with Gasteiger partial charge in [-0.15, -0.1) is 0 Å². The van der Waals surface area contributed by atoms with Gasteiger partial charge in [0, 0.05) is 25.8 Å². The topological polar surface area (TPSA) is 71.4 Å². The molecule has 6 nitrogen and oxygen atoms in total. The van der Waals surface area contributed by atoms with Crippen LogP contribution in [0.25, 0.3) is 0 Å². The van der Waals surface area contributed by atoms with Crippen LogP contribution < -0.4 is 10.9 Å². The van der Waals surface area contributed by atoms with E-state index >= 15 is 0 Å². The number of amides is 2. The number of pyridine rings is 1. The van der Waals surface area contributed by atoms with E-state index < -0.39 is 29.2 Å². The number of carbonyl (C=O) groups excluding carboxylic acids is 2. The second-order valence-electron chi connectivity index (χ2n) is 6.94. The second kappa shape index (κ2) is 7.34. The van der Waals surface area contributed by atoms with E-state index in [0.29, 0.717) is 5.56 Å². The molecule has 0 aliphatic carbocycles. The Bertz CT molecular complexity index is 952. The molecule has 1 N–H and O–H groups in total. The predicted octanol–water partition coefficient (Wildman–Crippen LogP) is 1.96. The fourth-order valence-corrected chi connectivity index (χ4v) is 3.44. The number of hydrogen-bond donors (Lipinski definition) is 1. The summed E-state index contributed by atoms with van der Waals surface area (Å²) in [6.07, 6.45) is 0.